The van der Waals surface area contributed by atoms with E-state index in [9.17, 15) is 9.50 Å². The molecular weight excluding hydrogens is 245 g/mol. The SMILES string of the molecule is COc1ccc(C(O)Cc2cc(F)ccc2C)cn1. The first-order valence-corrected chi connectivity index (χ1v) is 6.03. The van der Waals surface area contributed by atoms with Gasteiger partial charge in [0.15, 0.2) is 0 Å². The Morgan fingerprint density at radius 1 is 1.32 bits per heavy atom. The molecule has 2 aromatic rings. The highest BCUT2D eigenvalue weighted by Gasteiger charge is 2.11. The molecule has 0 bridgehead atoms. The lowest BCUT2D eigenvalue weighted by atomic mass is 9.99. The van der Waals surface area contributed by atoms with Gasteiger partial charge in [-0.1, -0.05) is 6.07 Å². The largest absolute Gasteiger partial charge is 0.481 e. The minimum atomic E-state index is -0.709. The Hall–Kier alpha value is -1.94. The van der Waals surface area contributed by atoms with Gasteiger partial charge in [-0.15, -0.1) is 0 Å². The minimum absolute atomic E-state index is 0.291. The van der Waals surface area contributed by atoms with Crippen LogP contribution in [0.2, 0.25) is 0 Å². The number of aliphatic hydroxyl groups is 1. The first-order chi connectivity index (χ1) is 9.10. The summed E-state index contributed by atoms with van der Waals surface area (Å²) in [4.78, 5) is 4.04. The molecule has 1 aromatic heterocycles. The Kier molecular flexibility index (Phi) is 4.12. The number of rotatable bonds is 4. The number of aliphatic hydroxyl groups excluding tert-OH is 1. The fourth-order valence-electron chi connectivity index (χ4n) is 1.90. The molecule has 3 nitrogen and oxygen atoms in total. The maximum Gasteiger partial charge on any atom is 0.212 e. The molecule has 0 amide bonds. The first kappa shape index (κ1) is 13.5. The summed E-state index contributed by atoms with van der Waals surface area (Å²) in [6.07, 6.45) is 1.22. The van der Waals surface area contributed by atoms with E-state index in [1.165, 1.54) is 19.2 Å². The van der Waals surface area contributed by atoms with E-state index < -0.39 is 6.10 Å². The van der Waals surface area contributed by atoms with Crippen LogP contribution in [0, 0.1) is 12.7 Å². The molecule has 0 aliphatic carbocycles. The second-order valence-corrected chi connectivity index (χ2v) is 4.42. The monoisotopic (exact) mass is 261 g/mol. The number of aryl methyl sites for hydroxylation is 1. The van der Waals surface area contributed by atoms with Crippen LogP contribution in [0.5, 0.6) is 5.88 Å². The summed E-state index contributed by atoms with van der Waals surface area (Å²) in [5.41, 5.74) is 2.44. The van der Waals surface area contributed by atoms with Gasteiger partial charge in [0.25, 0.3) is 0 Å². The second-order valence-electron chi connectivity index (χ2n) is 4.42. The van der Waals surface area contributed by atoms with Crippen LogP contribution in [-0.4, -0.2) is 17.2 Å². The van der Waals surface area contributed by atoms with Crippen molar-refractivity contribution in [3.05, 3.63) is 59.0 Å². The third kappa shape index (κ3) is 3.29. The molecule has 4 heteroatoms. The topological polar surface area (TPSA) is 42.4 Å². The quantitative estimate of drug-likeness (QED) is 0.920. The van der Waals surface area contributed by atoms with Crippen LogP contribution >= 0.6 is 0 Å². The van der Waals surface area contributed by atoms with Gasteiger partial charge in [0.2, 0.25) is 5.88 Å². The van der Waals surface area contributed by atoms with Crippen LogP contribution in [-0.2, 0) is 6.42 Å². The second kappa shape index (κ2) is 5.80. The Bertz CT molecular complexity index is 555. The smallest absolute Gasteiger partial charge is 0.212 e. The number of halogens is 1. The summed E-state index contributed by atoms with van der Waals surface area (Å²) in [7, 11) is 1.54. The Morgan fingerprint density at radius 2 is 2.11 bits per heavy atom. The number of nitrogens with zero attached hydrogens (tertiary/aromatic N) is 1. The van der Waals surface area contributed by atoms with Gasteiger partial charge >= 0.3 is 0 Å². The minimum Gasteiger partial charge on any atom is -0.481 e. The average molecular weight is 261 g/mol. The summed E-state index contributed by atoms with van der Waals surface area (Å²) in [6.45, 7) is 1.90. The number of aromatic nitrogens is 1. The van der Waals surface area contributed by atoms with Crippen molar-refractivity contribution in [2.75, 3.05) is 7.11 Å². The van der Waals surface area contributed by atoms with E-state index in [-0.39, 0.29) is 5.82 Å². The van der Waals surface area contributed by atoms with Gasteiger partial charge in [0.1, 0.15) is 5.82 Å². The van der Waals surface area contributed by atoms with Crippen molar-refractivity contribution < 1.29 is 14.2 Å². The highest BCUT2D eigenvalue weighted by Crippen LogP contribution is 2.21. The fraction of sp³-hybridized carbons (Fsp3) is 0.267. The summed E-state index contributed by atoms with van der Waals surface area (Å²) in [5, 5.41) is 10.1. The van der Waals surface area contributed by atoms with E-state index in [0.29, 0.717) is 17.9 Å². The van der Waals surface area contributed by atoms with E-state index in [4.69, 9.17) is 4.74 Å². The highest BCUT2D eigenvalue weighted by molar-refractivity contribution is 5.29. The molecule has 19 heavy (non-hydrogen) atoms. The predicted molar refractivity (Wildman–Crippen MR) is 70.6 cm³/mol. The maximum absolute atomic E-state index is 13.2. The zero-order chi connectivity index (χ0) is 13.8. The molecule has 2 rings (SSSR count). The van der Waals surface area contributed by atoms with E-state index in [2.05, 4.69) is 4.98 Å². The molecule has 1 atom stereocenters. The number of ether oxygens (including phenoxy) is 1. The fourth-order valence-corrected chi connectivity index (χ4v) is 1.90. The van der Waals surface area contributed by atoms with E-state index in [0.717, 1.165) is 11.1 Å². The molecule has 1 N–H and O–H groups in total. The van der Waals surface area contributed by atoms with E-state index in [1.807, 2.05) is 6.92 Å². The van der Waals surface area contributed by atoms with Gasteiger partial charge in [0, 0.05) is 18.7 Å². The number of benzene rings is 1. The van der Waals surface area contributed by atoms with Gasteiger partial charge < -0.3 is 9.84 Å². The summed E-state index contributed by atoms with van der Waals surface area (Å²) >= 11 is 0. The molecular formula is C15H16FNO2. The first-order valence-electron chi connectivity index (χ1n) is 6.03. The van der Waals surface area contributed by atoms with Crippen LogP contribution < -0.4 is 4.74 Å². The summed E-state index contributed by atoms with van der Waals surface area (Å²) in [5.74, 6) is 0.207. The lowest BCUT2D eigenvalue weighted by molar-refractivity contribution is 0.177. The van der Waals surface area contributed by atoms with E-state index in [1.54, 1.807) is 24.4 Å². The Balaban J connectivity index is 2.15. The lowest BCUT2D eigenvalue weighted by Gasteiger charge is -2.13. The molecule has 1 heterocycles. The molecule has 0 fully saturated rings. The Labute approximate surface area is 111 Å². The standard InChI is InChI=1S/C15H16FNO2/c1-10-3-5-13(16)7-12(10)8-14(18)11-4-6-15(19-2)17-9-11/h3-7,9,14,18H,8H2,1-2H3. The van der Waals surface area contributed by atoms with Gasteiger partial charge in [0.05, 0.1) is 13.2 Å². The summed E-state index contributed by atoms with van der Waals surface area (Å²) in [6, 6.07) is 8.03. The van der Waals surface area contributed by atoms with Crippen LogP contribution in [0.25, 0.3) is 0 Å². The number of hydrogen-bond acceptors (Lipinski definition) is 3. The molecule has 0 aliphatic rings. The van der Waals surface area contributed by atoms with Crippen molar-refractivity contribution in [1.29, 1.82) is 0 Å². The Morgan fingerprint density at radius 3 is 2.74 bits per heavy atom. The maximum atomic E-state index is 13.2. The summed E-state index contributed by atoms with van der Waals surface area (Å²) < 4.78 is 18.1. The van der Waals surface area contributed by atoms with Gasteiger partial charge in [-0.25, -0.2) is 9.37 Å². The molecule has 0 saturated carbocycles. The van der Waals surface area contributed by atoms with Crippen molar-refractivity contribution in [2.24, 2.45) is 0 Å². The normalized spacial score (nSPS) is 12.2. The zero-order valence-corrected chi connectivity index (χ0v) is 10.9. The highest BCUT2D eigenvalue weighted by atomic mass is 19.1. The predicted octanol–water partition coefficient (Wildman–Crippen LogP) is 2.81. The van der Waals surface area contributed by atoms with Crippen molar-refractivity contribution in [2.45, 2.75) is 19.4 Å². The van der Waals surface area contributed by atoms with Crippen molar-refractivity contribution in [1.82, 2.24) is 4.98 Å². The van der Waals surface area contributed by atoms with Gasteiger partial charge in [-0.3, -0.25) is 0 Å². The lowest BCUT2D eigenvalue weighted by Crippen LogP contribution is -2.04. The molecule has 0 radical (unpaired) electrons. The van der Waals surface area contributed by atoms with Crippen molar-refractivity contribution in [3.8, 4) is 5.88 Å². The van der Waals surface area contributed by atoms with Gasteiger partial charge in [-0.05, 0) is 41.8 Å². The number of hydrogen-bond donors (Lipinski definition) is 1. The van der Waals surface area contributed by atoms with Crippen LogP contribution in [0.1, 0.15) is 22.8 Å². The number of methoxy groups -OCH3 is 1. The van der Waals surface area contributed by atoms with Gasteiger partial charge in [-0.2, -0.15) is 0 Å². The third-order valence-electron chi connectivity index (χ3n) is 3.08. The van der Waals surface area contributed by atoms with Crippen LogP contribution in [0.15, 0.2) is 36.5 Å². The van der Waals surface area contributed by atoms with Crippen LogP contribution in [0.4, 0.5) is 4.39 Å². The van der Waals surface area contributed by atoms with Crippen LogP contribution in [0.3, 0.4) is 0 Å². The van der Waals surface area contributed by atoms with Crippen molar-refractivity contribution >= 4 is 0 Å². The molecule has 0 spiro atoms. The van der Waals surface area contributed by atoms with Crippen molar-refractivity contribution in [3.63, 3.8) is 0 Å². The molecule has 1 unspecified atom stereocenters. The molecule has 1 aromatic carbocycles. The third-order valence-corrected chi connectivity index (χ3v) is 3.08. The molecule has 100 valence electrons. The van der Waals surface area contributed by atoms with E-state index >= 15 is 0 Å². The zero-order valence-electron chi connectivity index (χ0n) is 10.9. The number of pyridine rings is 1. The molecule has 0 saturated heterocycles. The average Bonchev–Trinajstić information content (AvgIpc) is 2.43. The molecule has 0 aliphatic heterocycles.